The molecule has 2 aromatic carbocycles. The van der Waals surface area contributed by atoms with Crippen molar-refractivity contribution in [3.8, 4) is 11.5 Å². The van der Waals surface area contributed by atoms with Gasteiger partial charge in [-0.3, -0.25) is 4.79 Å². The lowest BCUT2D eigenvalue weighted by atomic mass is 10.2. The largest absolute Gasteiger partial charge is 0.485 e. The molecule has 1 unspecified atom stereocenters. The first-order chi connectivity index (χ1) is 12.6. The maximum atomic E-state index is 12.3. The van der Waals surface area contributed by atoms with Gasteiger partial charge in [0, 0.05) is 6.54 Å². The number of hydrogen-bond donors (Lipinski definition) is 1. The summed E-state index contributed by atoms with van der Waals surface area (Å²) >= 11 is 0. The SMILES string of the molecule is O=C(O)C1CCCN1C(=O)COc1ccccc1OCc1ccccc1. The number of para-hydroxylation sites is 2. The number of aliphatic carboxylic acids is 1. The lowest BCUT2D eigenvalue weighted by Gasteiger charge is -2.21. The van der Waals surface area contributed by atoms with Crippen LogP contribution in [0.25, 0.3) is 0 Å². The average Bonchev–Trinajstić information content (AvgIpc) is 3.16. The second kappa shape index (κ2) is 8.38. The Morgan fingerprint density at radius 1 is 1.00 bits per heavy atom. The number of amides is 1. The normalized spacial score (nSPS) is 16.3. The van der Waals surface area contributed by atoms with Crippen LogP contribution >= 0.6 is 0 Å². The van der Waals surface area contributed by atoms with Crippen LogP contribution in [0.4, 0.5) is 0 Å². The van der Waals surface area contributed by atoms with Gasteiger partial charge in [-0.2, -0.15) is 0 Å². The standard InChI is InChI=1S/C20H21NO5/c22-19(21-12-6-9-16(21)20(23)24)14-26-18-11-5-4-10-17(18)25-13-15-7-2-1-3-8-15/h1-5,7-8,10-11,16H,6,9,12-14H2,(H,23,24). The number of benzene rings is 2. The molecule has 1 N–H and O–H groups in total. The number of nitrogens with zero attached hydrogens (tertiary/aromatic N) is 1. The monoisotopic (exact) mass is 355 g/mol. The molecule has 1 saturated heterocycles. The molecule has 0 saturated carbocycles. The second-order valence-electron chi connectivity index (χ2n) is 6.09. The molecule has 136 valence electrons. The van der Waals surface area contributed by atoms with Gasteiger partial charge in [0.05, 0.1) is 0 Å². The minimum absolute atomic E-state index is 0.213. The van der Waals surface area contributed by atoms with Crippen LogP contribution in [0.1, 0.15) is 18.4 Å². The molecule has 0 radical (unpaired) electrons. The fourth-order valence-electron chi connectivity index (χ4n) is 2.97. The number of rotatable bonds is 7. The predicted octanol–water partition coefficient (Wildman–Crippen LogP) is 2.72. The number of hydrogen-bond acceptors (Lipinski definition) is 4. The van der Waals surface area contributed by atoms with Gasteiger partial charge >= 0.3 is 5.97 Å². The highest BCUT2D eigenvalue weighted by Crippen LogP contribution is 2.27. The molecule has 6 heteroatoms. The van der Waals surface area contributed by atoms with Gasteiger partial charge in [0.15, 0.2) is 18.1 Å². The zero-order valence-electron chi connectivity index (χ0n) is 14.3. The molecule has 0 aromatic heterocycles. The van der Waals surface area contributed by atoms with Crippen molar-refractivity contribution in [1.29, 1.82) is 0 Å². The Morgan fingerprint density at radius 2 is 1.65 bits per heavy atom. The van der Waals surface area contributed by atoms with Crippen LogP contribution in [0.15, 0.2) is 54.6 Å². The minimum Gasteiger partial charge on any atom is -0.485 e. The Bertz CT molecular complexity index is 762. The molecule has 0 aliphatic carbocycles. The fourth-order valence-corrected chi connectivity index (χ4v) is 2.97. The Kier molecular flexibility index (Phi) is 5.73. The van der Waals surface area contributed by atoms with Crippen molar-refractivity contribution >= 4 is 11.9 Å². The third-order valence-electron chi connectivity index (χ3n) is 4.30. The Labute approximate surface area is 152 Å². The van der Waals surface area contributed by atoms with E-state index in [0.29, 0.717) is 37.5 Å². The Hall–Kier alpha value is -3.02. The number of likely N-dealkylation sites (tertiary alicyclic amines) is 1. The van der Waals surface area contributed by atoms with E-state index >= 15 is 0 Å². The highest BCUT2D eigenvalue weighted by Gasteiger charge is 2.34. The van der Waals surface area contributed by atoms with E-state index in [2.05, 4.69) is 0 Å². The molecule has 1 amide bonds. The number of carbonyl (C=O) groups excluding carboxylic acids is 1. The summed E-state index contributed by atoms with van der Waals surface area (Å²) in [4.78, 5) is 24.9. The van der Waals surface area contributed by atoms with Gasteiger partial charge < -0.3 is 19.5 Å². The third-order valence-corrected chi connectivity index (χ3v) is 4.30. The lowest BCUT2D eigenvalue weighted by molar-refractivity contribution is -0.149. The van der Waals surface area contributed by atoms with Crippen LogP contribution in [0, 0.1) is 0 Å². The number of carboxylic acid groups (broad SMARTS) is 1. The van der Waals surface area contributed by atoms with Crippen LogP contribution in [0.5, 0.6) is 11.5 Å². The van der Waals surface area contributed by atoms with Crippen LogP contribution < -0.4 is 9.47 Å². The van der Waals surface area contributed by atoms with Crippen LogP contribution in [0.3, 0.4) is 0 Å². The van der Waals surface area contributed by atoms with Crippen molar-refractivity contribution in [3.05, 3.63) is 60.2 Å². The van der Waals surface area contributed by atoms with E-state index < -0.39 is 12.0 Å². The van der Waals surface area contributed by atoms with Gasteiger partial charge in [-0.1, -0.05) is 42.5 Å². The average molecular weight is 355 g/mol. The molecule has 2 aromatic rings. The first kappa shape index (κ1) is 17.8. The van der Waals surface area contributed by atoms with Gasteiger partial charge in [0.2, 0.25) is 0 Å². The first-order valence-corrected chi connectivity index (χ1v) is 8.56. The van der Waals surface area contributed by atoms with Gasteiger partial charge in [-0.25, -0.2) is 4.79 Å². The van der Waals surface area contributed by atoms with Crippen molar-refractivity contribution in [1.82, 2.24) is 4.90 Å². The maximum Gasteiger partial charge on any atom is 0.326 e. The summed E-state index contributed by atoms with van der Waals surface area (Å²) in [6, 6.07) is 16.1. The molecule has 0 spiro atoms. The van der Waals surface area contributed by atoms with Crippen molar-refractivity contribution in [3.63, 3.8) is 0 Å². The van der Waals surface area contributed by atoms with Crippen LogP contribution in [0.2, 0.25) is 0 Å². The number of ether oxygens (including phenoxy) is 2. The van der Waals surface area contributed by atoms with Gasteiger partial charge in [-0.15, -0.1) is 0 Å². The molecule has 1 aliphatic rings. The molecule has 26 heavy (non-hydrogen) atoms. The zero-order chi connectivity index (χ0) is 18.4. The van der Waals surface area contributed by atoms with E-state index in [0.717, 1.165) is 5.56 Å². The van der Waals surface area contributed by atoms with E-state index in [4.69, 9.17) is 9.47 Å². The highest BCUT2D eigenvalue weighted by molar-refractivity contribution is 5.85. The molecule has 3 rings (SSSR count). The summed E-state index contributed by atoms with van der Waals surface area (Å²) < 4.78 is 11.4. The van der Waals surface area contributed by atoms with Gasteiger partial charge in [-0.05, 0) is 30.5 Å². The van der Waals surface area contributed by atoms with Crippen molar-refractivity contribution in [2.75, 3.05) is 13.2 Å². The van der Waals surface area contributed by atoms with Gasteiger partial charge in [0.25, 0.3) is 5.91 Å². The summed E-state index contributed by atoms with van der Waals surface area (Å²) in [5, 5.41) is 9.19. The summed E-state index contributed by atoms with van der Waals surface area (Å²) in [6.07, 6.45) is 1.18. The van der Waals surface area contributed by atoms with Crippen LogP contribution in [-0.2, 0) is 16.2 Å². The first-order valence-electron chi connectivity index (χ1n) is 8.56. The molecule has 1 atom stereocenters. The predicted molar refractivity (Wildman–Crippen MR) is 95.1 cm³/mol. The molecule has 1 fully saturated rings. The van der Waals surface area contributed by atoms with Crippen molar-refractivity contribution in [2.45, 2.75) is 25.5 Å². The van der Waals surface area contributed by atoms with Crippen molar-refractivity contribution in [2.24, 2.45) is 0 Å². The molecular weight excluding hydrogens is 334 g/mol. The van der Waals surface area contributed by atoms with Crippen molar-refractivity contribution < 1.29 is 24.2 Å². The molecule has 1 aliphatic heterocycles. The summed E-state index contributed by atoms with van der Waals surface area (Å²) in [6.45, 7) is 0.628. The zero-order valence-corrected chi connectivity index (χ0v) is 14.3. The minimum atomic E-state index is -0.970. The Balaban J connectivity index is 1.59. The molecule has 0 bridgehead atoms. The topological polar surface area (TPSA) is 76.1 Å². The summed E-state index contributed by atoms with van der Waals surface area (Å²) in [5.74, 6) is -0.293. The van der Waals surface area contributed by atoms with Gasteiger partial charge in [0.1, 0.15) is 12.6 Å². The molecule has 1 heterocycles. The van der Waals surface area contributed by atoms with E-state index in [9.17, 15) is 14.7 Å². The van der Waals surface area contributed by atoms with Crippen LogP contribution in [-0.4, -0.2) is 41.1 Å². The van der Waals surface area contributed by atoms with E-state index in [1.165, 1.54) is 4.90 Å². The third kappa shape index (κ3) is 4.33. The maximum absolute atomic E-state index is 12.3. The van der Waals surface area contributed by atoms with E-state index in [-0.39, 0.29) is 12.5 Å². The van der Waals surface area contributed by atoms with E-state index in [1.54, 1.807) is 18.2 Å². The molecule has 6 nitrogen and oxygen atoms in total. The Morgan fingerprint density at radius 3 is 2.35 bits per heavy atom. The summed E-state index contributed by atoms with van der Waals surface area (Å²) in [5.41, 5.74) is 1.03. The van der Waals surface area contributed by atoms with E-state index in [1.807, 2.05) is 36.4 Å². The molecular formula is C20H21NO5. The second-order valence-corrected chi connectivity index (χ2v) is 6.09. The number of carbonyl (C=O) groups is 2. The number of carboxylic acids is 1. The quantitative estimate of drug-likeness (QED) is 0.826. The smallest absolute Gasteiger partial charge is 0.326 e. The highest BCUT2D eigenvalue weighted by atomic mass is 16.5. The summed E-state index contributed by atoms with van der Waals surface area (Å²) in [7, 11) is 0. The lowest BCUT2D eigenvalue weighted by Crippen LogP contribution is -2.42. The fraction of sp³-hybridized carbons (Fsp3) is 0.300.